The molecular weight excluding hydrogens is 254 g/mol. The van der Waals surface area contributed by atoms with E-state index in [1.165, 1.54) is 12.8 Å². The van der Waals surface area contributed by atoms with Crippen LogP contribution in [0.3, 0.4) is 0 Å². The lowest BCUT2D eigenvalue weighted by molar-refractivity contribution is -0.125. The SMILES string of the molecule is CCOC(=O)N1CC2CCCC2C1C(C)C(=O)C1CC1. The van der Waals surface area contributed by atoms with Crippen molar-refractivity contribution in [1.82, 2.24) is 4.90 Å². The summed E-state index contributed by atoms with van der Waals surface area (Å²) in [7, 11) is 0. The number of rotatable bonds is 4. The van der Waals surface area contributed by atoms with Gasteiger partial charge in [0.1, 0.15) is 5.78 Å². The van der Waals surface area contributed by atoms with Crippen molar-refractivity contribution in [2.24, 2.45) is 23.7 Å². The fraction of sp³-hybridized carbons (Fsp3) is 0.875. The van der Waals surface area contributed by atoms with E-state index < -0.39 is 0 Å². The molecule has 3 aliphatic rings. The van der Waals surface area contributed by atoms with Gasteiger partial charge in [-0.2, -0.15) is 0 Å². The second kappa shape index (κ2) is 5.38. The van der Waals surface area contributed by atoms with Crippen LogP contribution in [-0.2, 0) is 9.53 Å². The third-order valence-corrected chi connectivity index (χ3v) is 5.39. The summed E-state index contributed by atoms with van der Waals surface area (Å²) in [4.78, 5) is 26.5. The van der Waals surface area contributed by atoms with Crippen LogP contribution in [-0.4, -0.2) is 36.0 Å². The maximum absolute atomic E-state index is 12.4. The zero-order valence-corrected chi connectivity index (χ0v) is 12.5. The molecule has 0 bridgehead atoms. The van der Waals surface area contributed by atoms with Crippen LogP contribution in [0.5, 0.6) is 0 Å². The van der Waals surface area contributed by atoms with E-state index in [1.807, 2.05) is 18.7 Å². The summed E-state index contributed by atoms with van der Waals surface area (Å²) in [5.41, 5.74) is 0. The van der Waals surface area contributed by atoms with Crippen LogP contribution >= 0.6 is 0 Å². The molecule has 0 aromatic heterocycles. The van der Waals surface area contributed by atoms with Gasteiger partial charge in [0.05, 0.1) is 6.61 Å². The normalized spacial score (nSPS) is 33.9. The van der Waals surface area contributed by atoms with E-state index in [9.17, 15) is 9.59 Å². The highest BCUT2D eigenvalue weighted by atomic mass is 16.6. The predicted octanol–water partition coefficient (Wildman–Crippen LogP) is 2.86. The summed E-state index contributed by atoms with van der Waals surface area (Å²) in [6, 6.07) is 0.0784. The molecular formula is C16H25NO3. The topological polar surface area (TPSA) is 46.6 Å². The molecule has 20 heavy (non-hydrogen) atoms. The number of carbonyl (C=O) groups excluding carboxylic acids is 2. The van der Waals surface area contributed by atoms with Crippen molar-refractivity contribution in [2.45, 2.75) is 52.0 Å². The molecule has 0 aromatic carbocycles. The molecule has 1 heterocycles. The van der Waals surface area contributed by atoms with Gasteiger partial charge in [0.25, 0.3) is 0 Å². The molecule has 0 N–H and O–H groups in total. The maximum Gasteiger partial charge on any atom is 0.410 e. The average molecular weight is 279 g/mol. The first-order valence-electron chi connectivity index (χ1n) is 8.10. The van der Waals surface area contributed by atoms with Gasteiger partial charge in [-0.15, -0.1) is 0 Å². The van der Waals surface area contributed by atoms with Crippen molar-refractivity contribution < 1.29 is 14.3 Å². The largest absolute Gasteiger partial charge is 0.450 e. The summed E-state index contributed by atoms with van der Waals surface area (Å²) in [6.45, 7) is 5.06. The van der Waals surface area contributed by atoms with E-state index in [1.54, 1.807) is 0 Å². The Morgan fingerprint density at radius 1 is 1.25 bits per heavy atom. The first kappa shape index (κ1) is 13.9. The van der Waals surface area contributed by atoms with Crippen molar-refractivity contribution in [3.63, 3.8) is 0 Å². The number of carbonyl (C=O) groups is 2. The first-order valence-corrected chi connectivity index (χ1v) is 8.10. The van der Waals surface area contributed by atoms with E-state index in [0.29, 0.717) is 24.2 Å². The summed E-state index contributed by atoms with van der Waals surface area (Å²) in [5.74, 6) is 1.71. The smallest absolute Gasteiger partial charge is 0.410 e. The fourth-order valence-electron chi connectivity index (χ4n) is 4.30. The van der Waals surface area contributed by atoms with E-state index in [-0.39, 0.29) is 24.0 Å². The molecule has 2 saturated carbocycles. The lowest BCUT2D eigenvalue weighted by atomic mass is 9.83. The number of likely N-dealkylation sites (tertiary alicyclic amines) is 1. The molecule has 1 amide bonds. The Labute approximate surface area is 120 Å². The van der Waals surface area contributed by atoms with Gasteiger partial charge >= 0.3 is 6.09 Å². The second-order valence-electron chi connectivity index (χ2n) is 6.66. The zero-order valence-electron chi connectivity index (χ0n) is 12.5. The molecule has 3 fully saturated rings. The Bertz CT molecular complexity index is 405. The molecule has 1 saturated heterocycles. The third kappa shape index (κ3) is 2.33. The summed E-state index contributed by atoms with van der Waals surface area (Å²) in [5, 5.41) is 0. The van der Waals surface area contributed by atoms with Crippen molar-refractivity contribution in [3.8, 4) is 0 Å². The van der Waals surface area contributed by atoms with Gasteiger partial charge in [0, 0.05) is 24.4 Å². The van der Waals surface area contributed by atoms with Crippen molar-refractivity contribution in [2.75, 3.05) is 13.2 Å². The average Bonchev–Trinajstić information content (AvgIpc) is 3.06. The van der Waals surface area contributed by atoms with Crippen LogP contribution in [0.4, 0.5) is 4.79 Å². The monoisotopic (exact) mass is 279 g/mol. The first-order chi connectivity index (χ1) is 9.63. The molecule has 0 aromatic rings. The fourth-order valence-corrected chi connectivity index (χ4v) is 4.30. The number of ether oxygens (including phenoxy) is 1. The van der Waals surface area contributed by atoms with Crippen LogP contribution in [0.2, 0.25) is 0 Å². The van der Waals surface area contributed by atoms with Gasteiger partial charge in [0.2, 0.25) is 0 Å². The van der Waals surface area contributed by atoms with Crippen LogP contribution < -0.4 is 0 Å². The van der Waals surface area contributed by atoms with Gasteiger partial charge in [-0.1, -0.05) is 13.3 Å². The highest BCUT2D eigenvalue weighted by Crippen LogP contribution is 2.46. The number of amides is 1. The number of fused-ring (bicyclic) bond motifs is 1. The highest BCUT2D eigenvalue weighted by Gasteiger charge is 2.51. The molecule has 4 unspecified atom stereocenters. The second-order valence-corrected chi connectivity index (χ2v) is 6.66. The standard InChI is InChI=1S/C16H25NO3/c1-3-20-16(19)17-9-12-5-4-6-13(12)14(17)10(2)15(18)11-7-8-11/h10-14H,3-9H2,1-2H3. The van der Waals surface area contributed by atoms with E-state index in [4.69, 9.17) is 4.74 Å². The molecule has 4 nitrogen and oxygen atoms in total. The Morgan fingerprint density at radius 3 is 2.65 bits per heavy atom. The van der Waals surface area contributed by atoms with E-state index >= 15 is 0 Å². The minimum Gasteiger partial charge on any atom is -0.450 e. The van der Waals surface area contributed by atoms with Crippen LogP contribution in [0, 0.1) is 23.7 Å². The van der Waals surface area contributed by atoms with Crippen molar-refractivity contribution >= 4 is 11.9 Å². The summed E-state index contributed by atoms with van der Waals surface area (Å²) < 4.78 is 5.20. The minimum atomic E-state index is -0.220. The summed E-state index contributed by atoms with van der Waals surface area (Å²) >= 11 is 0. The number of hydrogen-bond acceptors (Lipinski definition) is 3. The van der Waals surface area contributed by atoms with Gasteiger partial charge in [-0.05, 0) is 44.4 Å². The molecule has 3 rings (SSSR count). The third-order valence-electron chi connectivity index (χ3n) is 5.39. The van der Waals surface area contributed by atoms with Crippen LogP contribution in [0.25, 0.3) is 0 Å². The predicted molar refractivity (Wildman–Crippen MR) is 75.2 cm³/mol. The van der Waals surface area contributed by atoms with E-state index in [0.717, 1.165) is 25.8 Å². The Morgan fingerprint density at radius 2 is 2.00 bits per heavy atom. The Hall–Kier alpha value is -1.06. The molecule has 112 valence electrons. The quantitative estimate of drug-likeness (QED) is 0.795. The van der Waals surface area contributed by atoms with Gasteiger partial charge in [0.15, 0.2) is 0 Å². The lowest BCUT2D eigenvalue weighted by Gasteiger charge is -2.31. The molecule has 4 heteroatoms. The number of Topliss-reactive ketones (excluding diaryl/α,β-unsaturated/α-hetero) is 1. The Kier molecular flexibility index (Phi) is 3.74. The van der Waals surface area contributed by atoms with Crippen LogP contribution in [0.1, 0.15) is 46.0 Å². The van der Waals surface area contributed by atoms with Gasteiger partial charge in [-0.3, -0.25) is 4.79 Å². The number of ketones is 1. The molecule has 2 aliphatic carbocycles. The molecule has 4 atom stereocenters. The van der Waals surface area contributed by atoms with E-state index in [2.05, 4.69) is 0 Å². The Balaban J connectivity index is 1.78. The summed E-state index contributed by atoms with van der Waals surface area (Å²) in [6.07, 6.45) is 5.47. The minimum absolute atomic E-state index is 0.0278. The van der Waals surface area contributed by atoms with Crippen molar-refractivity contribution in [3.05, 3.63) is 0 Å². The highest BCUT2D eigenvalue weighted by molar-refractivity contribution is 5.86. The van der Waals surface area contributed by atoms with Gasteiger partial charge in [-0.25, -0.2) is 4.79 Å². The molecule has 0 spiro atoms. The maximum atomic E-state index is 12.4. The van der Waals surface area contributed by atoms with Crippen LogP contribution in [0.15, 0.2) is 0 Å². The number of hydrogen-bond donors (Lipinski definition) is 0. The molecule has 0 radical (unpaired) electrons. The van der Waals surface area contributed by atoms with Gasteiger partial charge < -0.3 is 9.64 Å². The zero-order chi connectivity index (χ0) is 14.3. The lowest BCUT2D eigenvalue weighted by Crippen LogP contribution is -2.45. The van der Waals surface area contributed by atoms with Crippen molar-refractivity contribution in [1.29, 1.82) is 0 Å². The molecule has 1 aliphatic heterocycles. The number of nitrogens with zero attached hydrogens (tertiary/aromatic N) is 1.